The number of benzene rings is 1. The number of halogens is 4. The van der Waals surface area contributed by atoms with Crippen molar-refractivity contribution in [3.05, 3.63) is 42.0 Å². The number of amides is 1. The Kier molecular flexibility index (Phi) is 4.68. The number of hydrogen-bond donors (Lipinski definition) is 2. The molecule has 9 nitrogen and oxygen atoms in total. The molecule has 1 aliphatic rings. The first-order chi connectivity index (χ1) is 15.3. The maximum absolute atomic E-state index is 13.5. The lowest BCUT2D eigenvalue weighted by Gasteiger charge is -2.31. The Morgan fingerprint density at radius 1 is 1.12 bits per heavy atom. The number of aromatic amines is 1. The van der Waals surface area contributed by atoms with E-state index in [1.165, 1.54) is 24.3 Å². The molecule has 0 saturated carbocycles. The van der Waals surface area contributed by atoms with Crippen LogP contribution in [0.15, 0.2) is 30.3 Å². The van der Waals surface area contributed by atoms with Crippen molar-refractivity contribution < 1.29 is 22.4 Å². The minimum Gasteiger partial charge on any atom is -0.355 e. The van der Waals surface area contributed by atoms with Crippen LogP contribution in [-0.2, 0) is 11.0 Å². The summed E-state index contributed by atoms with van der Waals surface area (Å²) in [6.07, 6.45) is -3.73. The predicted molar refractivity (Wildman–Crippen MR) is 105 cm³/mol. The number of fused-ring (bicyclic) bond motifs is 2. The van der Waals surface area contributed by atoms with Crippen molar-refractivity contribution >= 4 is 34.1 Å². The Morgan fingerprint density at radius 3 is 2.66 bits per heavy atom. The highest BCUT2D eigenvalue weighted by Gasteiger charge is 2.38. The predicted octanol–water partition coefficient (Wildman–Crippen LogP) is 3.01. The average Bonchev–Trinajstić information content (AvgIpc) is 3.37. The Morgan fingerprint density at radius 2 is 1.91 bits per heavy atom. The molecule has 13 heteroatoms. The zero-order valence-corrected chi connectivity index (χ0v) is 16.4. The lowest BCUT2D eigenvalue weighted by molar-refractivity contribution is -0.146. The highest BCUT2D eigenvalue weighted by Crippen LogP contribution is 2.29. The van der Waals surface area contributed by atoms with Gasteiger partial charge in [-0.25, -0.2) is 4.39 Å². The number of piperidine rings is 1. The third-order valence-electron chi connectivity index (χ3n) is 5.46. The van der Waals surface area contributed by atoms with Crippen LogP contribution in [0.2, 0.25) is 0 Å². The van der Waals surface area contributed by atoms with Gasteiger partial charge >= 0.3 is 6.18 Å². The number of carbonyl (C=O) groups excluding carboxylic acids is 1. The number of H-pyrrole nitrogens is 1. The monoisotopic (exact) mass is 448 g/mol. The third-order valence-corrected chi connectivity index (χ3v) is 5.46. The van der Waals surface area contributed by atoms with Crippen molar-refractivity contribution in [2.45, 2.75) is 19.0 Å². The Balaban J connectivity index is 1.27. The van der Waals surface area contributed by atoms with Gasteiger partial charge in [-0.05, 0) is 43.2 Å². The van der Waals surface area contributed by atoms with E-state index in [-0.39, 0.29) is 23.3 Å². The number of nitrogens with one attached hydrogen (secondary N) is 2. The van der Waals surface area contributed by atoms with Gasteiger partial charge in [-0.3, -0.25) is 9.89 Å². The molecule has 5 rings (SSSR count). The number of hydrogen-bond acceptors (Lipinski definition) is 6. The number of aromatic nitrogens is 6. The summed E-state index contributed by atoms with van der Waals surface area (Å²) in [7, 11) is 0. The molecule has 2 N–H and O–H groups in total. The molecule has 1 saturated heterocycles. The molecule has 4 heterocycles. The van der Waals surface area contributed by atoms with Crippen molar-refractivity contribution in [2.24, 2.45) is 5.92 Å². The smallest absolute Gasteiger partial charge is 0.355 e. The van der Waals surface area contributed by atoms with E-state index in [1.807, 2.05) is 4.90 Å². The largest absolute Gasteiger partial charge is 0.453 e. The van der Waals surface area contributed by atoms with Gasteiger partial charge in [-0.15, -0.1) is 15.3 Å². The van der Waals surface area contributed by atoms with E-state index < -0.39 is 17.8 Å². The number of rotatable bonds is 3. The number of nitrogens with zero attached hydrogens (tertiary/aromatic N) is 6. The van der Waals surface area contributed by atoms with Crippen LogP contribution in [0.3, 0.4) is 0 Å². The summed E-state index contributed by atoms with van der Waals surface area (Å²) in [6, 6.07) is 7.12. The minimum absolute atomic E-state index is 0.00185. The summed E-state index contributed by atoms with van der Waals surface area (Å²) in [5.74, 6) is -1.60. The second-order valence-electron chi connectivity index (χ2n) is 7.50. The summed E-state index contributed by atoms with van der Waals surface area (Å²) in [4.78, 5) is 14.5. The summed E-state index contributed by atoms with van der Waals surface area (Å²) >= 11 is 0. The van der Waals surface area contributed by atoms with Gasteiger partial charge in [0.2, 0.25) is 5.91 Å². The molecule has 0 spiro atoms. The first-order valence-corrected chi connectivity index (χ1v) is 9.79. The van der Waals surface area contributed by atoms with E-state index in [2.05, 4.69) is 30.8 Å². The lowest BCUT2D eigenvalue weighted by Crippen LogP contribution is -2.38. The molecular weight excluding hydrogens is 432 g/mol. The van der Waals surface area contributed by atoms with Crippen LogP contribution >= 0.6 is 0 Å². The topological polar surface area (TPSA) is 104 Å². The summed E-state index contributed by atoms with van der Waals surface area (Å²) in [5, 5.41) is 20.7. The Hall–Kier alpha value is -3.77. The zero-order valence-electron chi connectivity index (χ0n) is 16.4. The van der Waals surface area contributed by atoms with Gasteiger partial charge in [0, 0.05) is 24.4 Å². The van der Waals surface area contributed by atoms with Gasteiger partial charge in [0.15, 0.2) is 11.5 Å². The van der Waals surface area contributed by atoms with Crippen molar-refractivity contribution in [3.63, 3.8) is 0 Å². The molecule has 4 aromatic rings. The third kappa shape index (κ3) is 3.59. The number of anilines is 2. The van der Waals surface area contributed by atoms with Crippen LogP contribution in [0.5, 0.6) is 0 Å². The molecule has 1 amide bonds. The van der Waals surface area contributed by atoms with E-state index in [0.29, 0.717) is 47.2 Å². The second-order valence-corrected chi connectivity index (χ2v) is 7.50. The normalized spacial score (nSPS) is 15.6. The van der Waals surface area contributed by atoms with E-state index in [4.69, 9.17) is 0 Å². The molecule has 1 aliphatic heterocycles. The summed E-state index contributed by atoms with van der Waals surface area (Å²) < 4.78 is 53.5. The number of alkyl halides is 3. The van der Waals surface area contributed by atoms with Gasteiger partial charge < -0.3 is 10.2 Å². The lowest BCUT2D eigenvalue weighted by atomic mass is 9.96. The fraction of sp³-hybridized carbons (Fsp3) is 0.316. The van der Waals surface area contributed by atoms with Crippen molar-refractivity contribution in [1.82, 2.24) is 30.0 Å². The Bertz CT molecular complexity index is 1310. The molecule has 0 bridgehead atoms. The summed E-state index contributed by atoms with van der Waals surface area (Å²) in [6.45, 7) is 0.853. The Labute approximate surface area is 177 Å². The fourth-order valence-corrected chi connectivity index (χ4v) is 3.80. The molecule has 1 aromatic carbocycles. The fourth-order valence-electron chi connectivity index (χ4n) is 3.80. The molecule has 0 unspecified atom stereocenters. The van der Waals surface area contributed by atoms with Gasteiger partial charge in [0.1, 0.15) is 11.6 Å². The molecule has 0 radical (unpaired) electrons. The average molecular weight is 448 g/mol. The highest BCUT2D eigenvalue weighted by molar-refractivity contribution is 6.00. The molecule has 0 atom stereocenters. The quantitative estimate of drug-likeness (QED) is 0.467. The standard InChI is InChI=1S/C19H16F4N8O/c20-11-1-2-13-12(9-11)16(27-25-13)24-17(32)10-5-7-30(8-6-10)15-4-3-14-26-28-18(19(21,22)23)31(14)29-15/h1-4,9-10H,5-8H2,(H2,24,25,27,32). The molecule has 0 aliphatic carbocycles. The second kappa shape index (κ2) is 7.43. The van der Waals surface area contributed by atoms with Gasteiger partial charge in [-0.1, -0.05) is 0 Å². The first kappa shape index (κ1) is 20.2. The first-order valence-electron chi connectivity index (χ1n) is 9.79. The maximum atomic E-state index is 13.5. The molecule has 1 fully saturated rings. The maximum Gasteiger partial charge on any atom is 0.453 e. The van der Waals surface area contributed by atoms with Crippen molar-refractivity contribution in [2.75, 3.05) is 23.3 Å². The summed E-state index contributed by atoms with van der Waals surface area (Å²) in [5.41, 5.74) is 0.600. The molecule has 3 aromatic heterocycles. The van der Waals surface area contributed by atoms with Gasteiger partial charge in [0.25, 0.3) is 5.82 Å². The van der Waals surface area contributed by atoms with Crippen LogP contribution in [0.25, 0.3) is 16.6 Å². The van der Waals surface area contributed by atoms with E-state index in [1.54, 1.807) is 6.07 Å². The van der Waals surface area contributed by atoms with Crippen molar-refractivity contribution in [3.8, 4) is 0 Å². The minimum atomic E-state index is -4.67. The molecule has 166 valence electrons. The van der Waals surface area contributed by atoms with Crippen LogP contribution in [-0.4, -0.2) is 49.0 Å². The van der Waals surface area contributed by atoms with E-state index >= 15 is 0 Å². The van der Waals surface area contributed by atoms with Gasteiger partial charge in [0.05, 0.1) is 5.52 Å². The number of carbonyl (C=O) groups is 1. The van der Waals surface area contributed by atoms with Crippen LogP contribution in [0, 0.1) is 11.7 Å². The molecule has 32 heavy (non-hydrogen) atoms. The van der Waals surface area contributed by atoms with Gasteiger partial charge in [-0.2, -0.15) is 22.8 Å². The van der Waals surface area contributed by atoms with E-state index in [9.17, 15) is 22.4 Å². The van der Waals surface area contributed by atoms with E-state index in [0.717, 1.165) is 0 Å². The van der Waals surface area contributed by atoms with Crippen molar-refractivity contribution in [1.29, 1.82) is 0 Å². The SMILES string of the molecule is O=C(Nc1n[nH]c2ccc(F)cc12)C1CCN(c2ccc3nnc(C(F)(F)F)n3n2)CC1. The highest BCUT2D eigenvalue weighted by atomic mass is 19.4. The van der Waals surface area contributed by atoms with Crippen LogP contribution < -0.4 is 10.2 Å². The van der Waals surface area contributed by atoms with Crippen LogP contribution in [0.4, 0.5) is 29.2 Å². The van der Waals surface area contributed by atoms with Crippen LogP contribution in [0.1, 0.15) is 18.7 Å². The zero-order chi connectivity index (χ0) is 22.5. The molecular formula is C19H16F4N8O.